The van der Waals surface area contributed by atoms with E-state index in [1.54, 1.807) is 0 Å². The van der Waals surface area contributed by atoms with Crippen LogP contribution in [0.1, 0.15) is 29.8 Å². The molecule has 1 aromatic heterocycles. The minimum atomic E-state index is 0.0547. The van der Waals surface area contributed by atoms with E-state index in [9.17, 15) is 4.79 Å². The number of benzene rings is 2. The molecule has 2 heterocycles. The fourth-order valence-corrected chi connectivity index (χ4v) is 5.41. The molecule has 3 aromatic rings. The normalized spacial score (nSPS) is 13.7. The Bertz CT molecular complexity index is 1170. The van der Waals surface area contributed by atoms with Gasteiger partial charge in [0, 0.05) is 56.7 Å². The molecule has 1 amide bonds. The monoisotopic (exact) mass is 529 g/mol. The molecule has 1 aliphatic rings. The van der Waals surface area contributed by atoms with Gasteiger partial charge in [-0.2, -0.15) is 0 Å². The Morgan fingerprint density at radius 2 is 1.66 bits per heavy atom. The number of hydrogen-bond acceptors (Lipinski definition) is 6. The average Bonchev–Trinajstić information content (AvgIpc) is 2.88. The van der Waals surface area contributed by atoms with Crippen LogP contribution in [0.25, 0.3) is 0 Å². The highest BCUT2D eigenvalue weighted by Crippen LogP contribution is 2.29. The first-order chi connectivity index (χ1) is 17.0. The number of piperazine rings is 1. The van der Waals surface area contributed by atoms with Gasteiger partial charge in [-0.25, -0.2) is 9.97 Å². The third kappa shape index (κ3) is 6.40. The highest BCUT2D eigenvalue weighted by atomic mass is 35.5. The molecule has 0 bridgehead atoms. The molecule has 9 heteroatoms. The fraction of sp³-hybridized carbons (Fsp3) is 0.346. The number of carbonyl (C=O) groups is 1. The number of rotatable bonds is 8. The number of amides is 1. The number of hydrogen-bond donors (Lipinski definition) is 0. The standard InChI is InChI=1S/C26H29Cl2N5OS/c1-3-31(4-2)25(34)20-9-7-8-19(16-20)18-35-26-29-23(28)17-24(30-26)33-14-12-32(13-15-33)22-11-6-5-10-21(22)27/h5-11,16-17H,3-4,12-15,18H2,1-2H3. The number of carbonyl (C=O) groups excluding carboxylic acids is 1. The summed E-state index contributed by atoms with van der Waals surface area (Å²) in [6.07, 6.45) is 0. The van der Waals surface area contributed by atoms with E-state index in [4.69, 9.17) is 28.2 Å². The second-order valence-electron chi connectivity index (χ2n) is 8.22. The third-order valence-corrected chi connectivity index (χ3v) is 7.48. The van der Waals surface area contributed by atoms with Crippen LogP contribution in [-0.4, -0.2) is 60.0 Å². The Morgan fingerprint density at radius 3 is 2.37 bits per heavy atom. The topological polar surface area (TPSA) is 52.6 Å². The summed E-state index contributed by atoms with van der Waals surface area (Å²) in [6, 6.07) is 17.5. The molecular weight excluding hydrogens is 501 g/mol. The summed E-state index contributed by atoms with van der Waals surface area (Å²) in [5, 5.41) is 1.82. The van der Waals surface area contributed by atoms with Crippen LogP contribution in [0, 0.1) is 0 Å². The van der Waals surface area contributed by atoms with Gasteiger partial charge in [-0.1, -0.05) is 59.2 Å². The van der Waals surface area contributed by atoms with Gasteiger partial charge in [-0.05, 0) is 43.7 Å². The lowest BCUT2D eigenvalue weighted by Gasteiger charge is -2.37. The zero-order valence-electron chi connectivity index (χ0n) is 20.0. The Kier molecular flexibility index (Phi) is 8.76. The van der Waals surface area contributed by atoms with Gasteiger partial charge in [0.2, 0.25) is 0 Å². The largest absolute Gasteiger partial charge is 0.367 e. The molecule has 0 unspecified atom stereocenters. The maximum atomic E-state index is 12.7. The summed E-state index contributed by atoms with van der Waals surface area (Å²) < 4.78 is 0. The van der Waals surface area contributed by atoms with Gasteiger partial charge in [-0.15, -0.1) is 0 Å². The van der Waals surface area contributed by atoms with Crippen molar-refractivity contribution in [2.45, 2.75) is 24.8 Å². The van der Waals surface area contributed by atoms with Crippen molar-refractivity contribution in [3.8, 4) is 0 Å². The van der Waals surface area contributed by atoms with Gasteiger partial charge >= 0.3 is 0 Å². The third-order valence-electron chi connectivity index (χ3n) is 6.05. The van der Waals surface area contributed by atoms with Crippen molar-refractivity contribution in [2.75, 3.05) is 49.1 Å². The van der Waals surface area contributed by atoms with Crippen molar-refractivity contribution < 1.29 is 4.79 Å². The molecule has 0 saturated carbocycles. The maximum Gasteiger partial charge on any atom is 0.253 e. The molecule has 1 aliphatic heterocycles. The van der Waals surface area contributed by atoms with Crippen LogP contribution in [0.3, 0.4) is 0 Å². The van der Waals surface area contributed by atoms with Gasteiger partial charge in [0.25, 0.3) is 5.91 Å². The summed E-state index contributed by atoms with van der Waals surface area (Å²) in [7, 11) is 0. The Hall–Kier alpha value is -2.48. The van der Waals surface area contributed by atoms with E-state index in [0.717, 1.165) is 48.3 Å². The van der Waals surface area contributed by atoms with Crippen molar-refractivity contribution in [2.24, 2.45) is 0 Å². The van der Waals surface area contributed by atoms with Crippen LogP contribution in [0.4, 0.5) is 11.5 Å². The van der Waals surface area contributed by atoms with Crippen LogP contribution in [0.5, 0.6) is 0 Å². The average molecular weight is 531 g/mol. The van der Waals surface area contributed by atoms with Crippen LogP contribution >= 0.6 is 35.0 Å². The predicted octanol–water partition coefficient (Wildman–Crippen LogP) is 5.88. The summed E-state index contributed by atoms with van der Waals surface area (Å²) >= 11 is 14.3. The lowest BCUT2D eigenvalue weighted by atomic mass is 10.1. The minimum Gasteiger partial charge on any atom is -0.367 e. The predicted molar refractivity (Wildman–Crippen MR) is 146 cm³/mol. The summed E-state index contributed by atoms with van der Waals surface area (Å²) in [5.41, 5.74) is 2.81. The van der Waals surface area contributed by atoms with Gasteiger partial charge in [0.15, 0.2) is 5.16 Å². The molecule has 0 atom stereocenters. The molecule has 0 aliphatic carbocycles. The van der Waals surface area contributed by atoms with Gasteiger partial charge in [0.05, 0.1) is 10.7 Å². The van der Waals surface area contributed by atoms with Crippen LogP contribution in [0.2, 0.25) is 10.2 Å². The van der Waals surface area contributed by atoms with Crippen molar-refractivity contribution in [1.82, 2.24) is 14.9 Å². The smallest absolute Gasteiger partial charge is 0.253 e. The number of para-hydroxylation sites is 1. The van der Waals surface area contributed by atoms with E-state index in [2.05, 4.69) is 20.9 Å². The summed E-state index contributed by atoms with van der Waals surface area (Å²) in [6.45, 7) is 8.70. The number of anilines is 2. The number of aromatic nitrogens is 2. The lowest BCUT2D eigenvalue weighted by Crippen LogP contribution is -2.47. The van der Waals surface area contributed by atoms with Gasteiger partial charge in [-0.3, -0.25) is 4.79 Å². The molecule has 0 spiro atoms. The Balaban J connectivity index is 1.40. The Morgan fingerprint density at radius 1 is 0.943 bits per heavy atom. The molecule has 1 fully saturated rings. The van der Waals surface area contributed by atoms with Crippen LogP contribution in [0.15, 0.2) is 59.8 Å². The first-order valence-corrected chi connectivity index (χ1v) is 13.5. The first kappa shape index (κ1) is 25.6. The summed E-state index contributed by atoms with van der Waals surface area (Å²) in [5.74, 6) is 1.54. The van der Waals surface area contributed by atoms with E-state index >= 15 is 0 Å². The fourth-order valence-electron chi connectivity index (χ4n) is 4.13. The highest BCUT2D eigenvalue weighted by Gasteiger charge is 2.21. The van der Waals surface area contributed by atoms with Gasteiger partial charge < -0.3 is 14.7 Å². The molecular formula is C26H29Cl2N5OS. The maximum absolute atomic E-state index is 12.7. The van der Waals surface area contributed by atoms with Crippen molar-refractivity contribution in [1.29, 1.82) is 0 Å². The van der Waals surface area contributed by atoms with Crippen molar-refractivity contribution >= 4 is 52.4 Å². The Labute approximate surface area is 221 Å². The summed E-state index contributed by atoms with van der Waals surface area (Å²) in [4.78, 5) is 28.2. The number of halogens is 2. The van der Waals surface area contributed by atoms with Crippen LogP contribution < -0.4 is 9.80 Å². The quantitative estimate of drug-likeness (QED) is 0.206. The zero-order valence-corrected chi connectivity index (χ0v) is 22.3. The van der Waals surface area contributed by atoms with Crippen molar-refractivity contribution in [3.05, 3.63) is 75.9 Å². The van der Waals surface area contributed by atoms with E-state index in [1.807, 2.05) is 67.3 Å². The van der Waals surface area contributed by atoms with E-state index in [1.165, 1.54) is 11.8 Å². The molecule has 35 heavy (non-hydrogen) atoms. The SMILES string of the molecule is CCN(CC)C(=O)c1cccc(CSc2nc(Cl)cc(N3CCN(c4ccccc4Cl)CC3)n2)c1. The molecule has 6 nitrogen and oxygen atoms in total. The van der Waals surface area contributed by atoms with Gasteiger partial charge in [0.1, 0.15) is 11.0 Å². The second-order valence-corrected chi connectivity index (χ2v) is 9.96. The number of nitrogens with zero attached hydrogens (tertiary/aromatic N) is 5. The zero-order chi connectivity index (χ0) is 24.8. The van der Waals surface area contributed by atoms with E-state index < -0.39 is 0 Å². The van der Waals surface area contributed by atoms with E-state index in [-0.39, 0.29) is 5.91 Å². The molecule has 1 saturated heterocycles. The molecule has 184 valence electrons. The molecule has 0 N–H and O–H groups in total. The second kappa shape index (κ2) is 12.0. The minimum absolute atomic E-state index is 0.0547. The number of thioether (sulfide) groups is 1. The van der Waals surface area contributed by atoms with Crippen molar-refractivity contribution in [3.63, 3.8) is 0 Å². The van der Waals surface area contributed by atoms with E-state index in [0.29, 0.717) is 34.7 Å². The molecule has 0 radical (unpaired) electrons. The molecule has 4 rings (SSSR count). The lowest BCUT2D eigenvalue weighted by molar-refractivity contribution is 0.0773. The first-order valence-electron chi connectivity index (χ1n) is 11.8. The van der Waals surface area contributed by atoms with Crippen LogP contribution in [-0.2, 0) is 5.75 Å². The highest BCUT2D eigenvalue weighted by molar-refractivity contribution is 7.98. The molecule has 2 aromatic carbocycles.